The lowest BCUT2D eigenvalue weighted by Crippen LogP contribution is -2.37. The highest BCUT2D eigenvalue weighted by atomic mass is 35.5. The Labute approximate surface area is 168 Å². The van der Waals surface area contributed by atoms with Crippen LogP contribution in [0.1, 0.15) is 32.6 Å². The molecule has 28 heavy (non-hydrogen) atoms. The summed E-state index contributed by atoms with van der Waals surface area (Å²) >= 11 is 6.09. The van der Waals surface area contributed by atoms with Crippen molar-refractivity contribution in [3.05, 3.63) is 118 Å². The zero-order valence-electron chi connectivity index (χ0n) is 15.0. The summed E-state index contributed by atoms with van der Waals surface area (Å²) in [5.41, 5.74) is 2.19. The highest BCUT2D eigenvalue weighted by Gasteiger charge is 2.41. The third-order valence-corrected chi connectivity index (χ3v) is 5.80. The molecule has 4 aromatic rings. The summed E-state index contributed by atoms with van der Waals surface area (Å²) in [6, 6.07) is 26.6. The van der Waals surface area contributed by atoms with E-state index in [2.05, 4.69) is 6.07 Å². The number of hydrogen-bond donors (Lipinski definition) is 1. The summed E-state index contributed by atoms with van der Waals surface area (Å²) in [6.45, 7) is 0. The SMILES string of the molecule is O=C1c2ccccc2C(O)(Cc2ccc3cc(Cl)ccc3c2)c2ccccc21. The molecule has 1 N–H and O–H groups in total. The van der Waals surface area contributed by atoms with E-state index in [1.165, 1.54) is 0 Å². The molecule has 0 aromatic heterocycles. The summed E-state index contributed by atoms with van der Waals surface area (Å²) in [5.74, 6) is -0.0379. The second-order valence-corrected chi connectivity index (χ2v) is 7.72. The van der Waals surface area contributed by atoms with Crippen LogP contribution in [-0.4, -0.2) is 10.9 Å². The Morgan fingerprint density at radius 2 is 1.32 bits per heavy atom. The van der Waals surface area contributed by atoms with Gasteiger partial charge in [0.25, 0.3) is 0 Å². The van der Waals surface area contributed by atoms with Crippen molar-refractivity contribution in [1.29, 1.82) is 0 Å². The number of ketones is 1. The van der Waals surface area contributed by atoms with Crippen LogP contribution >= 0.6 is 11.6 Å². The molecule has 4 aromatic carbocycles. The molecule has 0 spiro atoms. The largest absolute Gasteiger partial charge is 0.380 e. The molecule has 0 heterocycles. The van der Waals surface area contributed by atoms with E-state index in [9.17, 15) is 9.90 Å². The first-order valence-electron chi connectivity index (χ1n) is 9.20. The zero-order chi connectivity index (χ0) is 19.3. The lowest BCUT2D eigenvalue weighted by molar-refractivity contribution is 0.0721. The maximum absolute atomic E-state index is 12.9. The van der Waals surface area contributed by atoms with Crippen LogP contribution in [0.25, 0.3) is 10.8 Å². The molecule has 3 heteroatoms. The first-order chi connectivity index (χ1) is 13.6. The van der Waals surface area contributed by atoms with E-state index >= 15 is 0 Å². The predicted molar refractivity (Wildman–Crippen MR) is 112 cm³/mol. The molecular weight excluding hydrogens is 368 g/mol. The first kappa shape index (κ1) is 17.2. The summed E-state index contributed by atoms with van der Waals surface area (Å²) in [4.78, 5) is 12.9. The van der Waals surface area contributed by atoms with Crippen molar-refractivity contribution in [1.82, 2.24) is 0 Å². The maximum atomic E-state index is 12.9. The van der Waals surface area contributed by atoms with Crippen molar-refractivity contribution in [2.45, 2.75) is 12.0 Å². The Kier molecular flexibility index (Phi) is 3.87. The Morgan fingerprint density at radius 3 is 2.00 bits per heavy atom. The molecule has 5 rings (SSSR count). The van der Waals surface area contributed by atoms with Gasteiger partial charge in [-0.25, -0.2) is 0 Å². The monoisotopic (exact) mass is 384 g/mol. The third kappa shape index (κ3) is 2.57. The summed E-state index contributed by atoms with van der Waals surface area (Å²) < 4.78 is 0. The van der Waals surface area contributed by atoms with Crippen molar-refractivity contribution in [2.24, 2.45) is 0 Å². The number of aliphatic hydroxyl groups is 1. The van der Waals surface area contributed by atoms with Crippen LogP contribution in [0.15, 0.2) is 84.9 Å². The third-order valence-electron chi connectivity index (χ3n) is 5.56. The minimum Gasteiger partial charge on any atom is -0.380 e. The summed E-state index contributed by atoms with van der Waals surface area (Å²) in [5, 5.41) is 14.7. The molecule has 0 fully saturated rings. The quantitative estimate of drug-likeness (QED) is 0.494. The average molecular weight is 385 g/mol. The highest BCUT2D eigenvalue weighted by molar-refractivity contribution is 6.31. The Hall–Kier alpha value is -2.94. The minimum atomic E-state index is -1.26. The smallest absolute Gasteiger partial charge is 0.193 e. The number of carbonyl (C=O) groups excluding carboxylic acids is 1. The summed E-state index contributed by atoms with van der Waals surface area (Å²) in [7, 11) is 0. The van der Waals surface area contributed by atoms with E-state index in [0.717, 1.165) is 16.3 Å². The minimum absolute atomic E-state index is 0.0379. The number of rotatable bonds is 2. The van der Waals surface area contributed by atoms with Crippen molar-refractivity contribution in [3.8, 4) is 0 Å². The molecule has 0 aliphatic heterocycles. The highest BCUT2D eigenvalue weighted by Crippen LogP contribution is 2.42. The first-order valence-corrected chi connectivity index (χ1v) is 9.58. The topological polar surface area (TPSA) is 37.3 Å². The van der Waals surface area contributed by atoms with Gasteiger partial charge in [-0.1, -0.05) is 84.4 Å². The molecule has 0 bridgehead atoms. The van der Waals surface area contributed by atoms with E-state index in [4.69, 9.17) is 11.6 Å². The van der Waals surface area contributed by atoms with Crippen molar-refractivity contribution < 1.29 is 9.90 Å². The average Bonchev–Trinajstić information content (AvgIpc) is 2.72. The van der Waals surface area contributed by atoms with Gasteiger partial charge in [0.1, 0.15) is 5.60 Å². The van der Waals surface area contributed by atoms with Crippen molar-refractivity contribution in [3.63, 3.8) is 0 Å². The van der Waals surface area contributed by atoms with Crippen LogP contribution in [0.2, 0.25) is 5.02 Å². The van der Waals surface area contributed by atoms with E-state index in [-0.39, 0.29) is 5.78 Å². The van der Waals surface area contributed by atoms with Crippen LogP contribution in [0.5, 0.6) is 0 Å². The van der Waals surface area contributed by atoms with Crippen molar-refractivity contribution >= 4 is 28.2 Å². The Bertz CT molecular complexity index is 1190. The second kappa shape index (κ2) is 6.30. The number of hydrogen-bond acceptors (Lipinski definition) is 2. The van der Waals surface area contributed by atoms with Gasteiger partial charge in [0.05, 0.1) is 0 Å². The number of carbonyl (C=O) groups is 1. The molecule has 0 atom stereocenters. The normalized spacial score (nSPS) is 14.6. The second-order valence-electron chi connectivity index (χ2n) is 7.28. The van der Waals surface area contributed by atoms with Crippen LogP contribution in [0.4, 0.5) is 0 Å². The molecule has 0 radical (unpaired) electrons. The van der Waals surface area contributed by atoms with Gasteiger partial charge in [-0.15, -0.1) is 0 Å². The van der Waals surface area contributed by atoms with Gasteiger partial charge in [-0.3, -0.25) is 4.79 Å². The van der Waals surface area contributed by atoms with Gasteiger partial charge in [-0.2, -0.15) is 0 Å². The van der Waals surface area contributed by atoms with E-state index in [1.807, 2.05) is 66.7 Å². The predicted octanol–water partition coefficient (Wildman–Crippen LogP) is 5.52. The molecule has 0 amide bonds. The molecule has 1 aliphatic rings. The standard InChI is InChI=1S/C25H17ClO2/c26-19-12-11-17-13-16(9-10-18(17)14-19)15-25(28)22-7-3-1-5-20(22)24(27)21-6-2-4-8-23(21)25/h1-14,28H,15H2. The van der Waals surface area contributed by atoms with E-state index in [1.54, 1.807) is 12.1 Å². The lowest BCUT2D eigenvalue weighted by atomic mass is 9.71. The molecular formula is C25H17ClO2. The molecule has 2 nitrogen and oxygen atoms in total. The number of benzene rings is 4. The van der Waals surface area contributed by atoms with Crippen molar-refractivity contribution in [2.75, 3.05) is 0 Å². The van der Waals surface area contributed by atoms with E-state index < -0.39 is 5.60 Å². The maximum Gasteiger partial charge on any atom is 0.193 e. The fourth-order valence-electron chi connectivity index (χ4n) is 4.24. The fourth-order valence-corrected chi connectivity index (χ4v) is 4.42. The van der Waals surface area contributed by atoms with Gasteiger partial charge in [0.15, 0.2) is 5.78 Å². The van der Waals surface area contributed by atoms with Crippen LogP contribution in [0, 0.1) is 0 Å². The number of halogens is 1. The van der Waals surface area contributed by atoms with Gasteiger partial charge in [0.2, 0.25) is 0 Å². The van der Waals surface area contributed by atoms with Gasteiger partial charge in [0, 0.05) is 22.6 Å². The Morgan fingerprint density at radius 1 is 0.750 bits per heavy atom. The molecule has 136 valence electrons. The Balaban J connectivity index is 1.68. The molecule has 1 aliphatic carbocycles. The van der Waals surface area contributed by atoms with Crippen LogP contribution in [-0.2, 0) is 12.0 Å². The van der Waals surface area contributed by atoms with E-state index in [0.29, 0.717) is 33.7 Å². The number of fused-ring (bicyclic) bond motifs is 3. The lowest BCUT2D eigenvalue weighted by Gasteiger charge is -2.36. The van der Waals surface area contributed by atoms with Gasteiger partial charge < -0.3 is 5.11 Å². The zero-order valence-corrected chi connectivity index (χ0v) is 15.8. The molecule has 0 saturated heterocycles. The summed E-state index contributed by atoms with van der Waals surface area (Å²) in [6.07, 6.45) is 0.382. The van der Waals surface area contributed by atoms with Crippen LogP contribution < -0.4 is 0 Å². The van der Waals surface area contributed by atoms with Gasteiger partial charge in [-0.05, 0) is 39.6 Å². The fraction of sp³-hybridized carbons (Fsp3) is 0.0800. The molecule has 0 unspecified atom stereocenters. The molecule has 0 saturated carbocycles. The van der Waals surface area contributed by atoms with Crippen LogP contribution in [0.3, 0.4) is 0 Å². The van der Waals surface area contributed by atoms with Gasteiger partial charge >= 0.3 is 0 Å².